The van der Waals surface area contributed by atoms with Crippen LogP contribution in [0.15, 0.2) is 5.38 Å². The third-order valence-electron chi connectivity index (χ3n) is 2.21. The molecule has 0 radical (unpaired) electrons. The molecule has 7 heteroatoms. The molecule has 0 aromatic carbocycles. The van der Waals surface area contributed by atoms with Crippen molar-refractivity contribution in [2.24, 2.45) is 0 Å². The smallest absolute Gasteiger partial charge is 0.306 e. The van der Waals surface area contributed by atoms with E-state index in [0.717, 1.165) is 5.01 Å². The first-order valence-electron chi connectivity index (χ1n) is 5.40. The SMILES string of the molecule is Cc1nc(CC(=O)NCC(C)(O)CC(=O)O)cs1. The largest absolute Gasteiger partial charge is 0.481 e. The summed E-state index contributed by atoms with van der Waals surface area (Å²) in [6.45, 7) is 3.12. The highest BCUT2D eigenvalue weighted by atomic mass is 32.1. The van der Waals surface area contributed by atoms with Crippen LogP contribution in [-0.2, 0) is 16.0 Å². The minimum atomic E-state index is -1.44. The van der Waals surface area contributed by atoms with Gasteiger partial charge in [0, 0.05) is 11.9 Å². The minimum Gasteiger partial charge on any atom is -0.481 e. The second-order valence-corrected chi connectivity index (χ2v) is 5.44. The van der Waals surface area contributed by atoms with Gasteiger partial charge < -0.3 is 15.5 Å². The van der Waals surface area contributed by atoms with Crippen molar-refractivity contribution in [1.29, 1.82) is 0 Å². The fourth-order valence-electron chi connectivity index (χ4n) is 1.39. The summed E-state index contributed by atoms with van der Waals surface area (Å²) in [5, 5.41) is 23.4. The van der Waals surface area contributed by atoms with Crippen LogP contribution in [0.3, 0.4) is 0 Å². The zero-order valence-electron chi connectivity index (χ0n) is 10.3. The number of hydrogen-bond donors (Lipinski definition) is 3. The number of nitrogens with one attached hydrogen (secondary N) is 1. The Bertz CT molecular complexity index is 442. The molecular weight excluding hydrogens is 256 g/mol. The average molecular weight is 272 g/mol. The number of rotatable bonds is 6. The van der Waals surface area contributed by atoms with E-state index in [4.69, 9.17) is 5.11 Å². The highest BCUT2D eigenvalue weighted by Crippen LogP contribution is 2.09. The molecule has 1 aromatic heterocycles. The lowest BCUT2D eigenvalue weighted by atomic mass is 10.0. The number of carbonyl (C=O) groups excluding carboxylic acids is 1. The Hall–Kier alpha value is -1.47. The van der Waals surface area contributed by atoms with Crippen LogP contribution < -0.4 is 5.32 Å². The first-order chi connectivity index (χ1) is 8.28. The van der Waals surface area contributed by atoms with E-state index in [1.165, 1.54) is 18.3 Å². The van der Waals surface area contributed by atoms with Crippen molar-refractivity contribution >= 4 is 23.2 Å². The Kier molecular flexibility index (Phi) is 4.80. The van der Waals surface area contributed by atoms with Crippen molar-refractivity contribution < 1.29 is 19.8 Å². The van der Waals surface area contributed by atoms with Gasteiger partial charge >= 0.3 is 5.97 Å². The van der Waals surface area contributed by atoms with E-state index in [1.807, 2.05) is 6.92 Å². The molecule has 0 spiro atoms. The van der Waals surface area contributed by atoms with Gasteiger partial charge in [-0.1, -0.05) is 0 Å². The molecule has 0 fully saturated rings. The van der Waals surface area contributed by atoms with E-state index in [0.29, 0.717) is 5.69 Å². The number of carboxylic acids is 1. The van der Waals surface area contributed by atoms with Crippen LogP contribution in [0.25, 0.3) is 0 Å². The van der Waals surface area contributed by atoms with Crippen molar-refractivity contribution in [2.45, 2.75) is 32.3 Å². The molecule has 100 valence electrons. The number of aliphatic hydroxyl groups is 1. The van der Waals surface area contributed by atoms with Crippen LogP contribution in [0.5, 0.6) is 0 Å². The van der Waals surface area contributed by atoms with Crippen LogP contribution in [0.4, 0.5) is 0 Å². The lowest BCUT2D eigenvalue weighted by Crippen LogP contribution is -2.42. The molecule has 1 atom stereocenters. The van der Waals surface area contributed by atoms with E-state index >= 15 is 0 Å². The number of aliphatic carboxylic acids is 1. The minimum absolute atomic E-state index is 0.0960. The lowest BCUT2D eigenvalue weighted by molar-refractivity contribution is -0.142. The van der Waals surface area contributed by atoms with Crippen molar-refractivity contribution in [3.05, 3.63) is 16.1 Å². The highest BCUT2D eigenvalue weighted by molar-refractivity contribution is 7.09. The van der Waals surface area contributed by atoms with Gasteiger partial charge in [-0.15, -0.1) is 11.3 Å². The standard InChI is InChI=1S/C11H16N2O4S/c1-7-13-8(5-18-7)3-9(14)12-6-11(2,17)4-10(15)16/h5,17H,3-4,6H2,1-2H3,(H,12,14)(H,15,16). The summed E-state index contributed by atoms with van der Waals surface area (Å²) in [4.78, 5) is 26.2. The first-order valence-corrected chi connectivity index (χ1v) is 6.28. The zero-order valence-corrected chi connectivity index (χ0v) is 11.1. The van der Waals surface area contributed by atoms with Gasteiger partial charge in [0.1, 0.15) is 0 Å². The van der Waals surface area contributed by atoms with E-state index < -0.39 is 18.0 Å². The van der Waals surface area contributed by atoms with Crippen LogP contribution in [0.1, 0.15) is 24.0 Å². The molecule has 6 nitrogen and oxygen atoms in total. The summed E-state index contributed by atoms with van der Waals surface area (Å²) in [5.41, 5.74) is -0.771. The summed E-state index contributed by atoms with van der Waals surface area (Å²) in [5.74, 6) is -1.39. The summed E-state index contributed by atoms with van der Waals surface area (Å²) in [7, 11) is 0. The van der Waals surface area contributed by atoms with Gasteiger partial charge in [-0.2, -0.15) is 0 Å². The fourth-order valence-corrected chi connectivity index (χ4v) is 2.01. The Balaban J connectivity index is 2.39. The van der Waals surface area contributed by atoms with E-state index in [-0.39, 0.29) is 18.9 Å². The second-order valence-electron chi connectivity index (χ2n) is 4.38. The number of aryl methyl sites for hydroxylation is 1. The second kappa shape index (κ2) is 5.92. The number of hydrogen-bond acceptors (Lipinski definition) is 5. The molecule has 0 saturated heterocycles. The number of amides is 1. The Labute approximate surface area is 109 Å². The normalized spacial score (nSPS) is 13.9. The monoisotopic (exact) mass is 272 g/mol. The Morgan fingerprint density at radius 1 is 1.56 bits per heavy atom. The third-order valence-corrected chi connectivity index (χ3v) is 3.03. The molecule has 1 amide bonds. The predicted octanol–water partition coefficient (Wildman–Crippen LogP) is 0.336. The van der Waals surface area contributed by atoms with Crippen LogP contribution in [0.2, 0.25) is 0 Å². The van der Waals surface area contributed by atoms with Gasteiger partial charge in [-0.3, -0.25) is 9.59 Å². The number of carboxylic acid groups (broad SMARTS) is 1. The van der Waals surface area contributed by atoms with Gasteiger partial charge in [-0.05, 0) is 13.8 Å². The van der Waals surface area contributed by atoms with Crippen LogP contribution in [-0.4, -0.2) is 39.2 Å². The molecule has 1 rings (SSSR count). The molecule has 0 bridgehead atoms. The quantitative estimate of drug-likeness (QED) is 0.693. The molecule has 0 aliphatic rings. The molecular formula is C11H16N2O4S. The maximum absolute atomic E-state index is 11.5. The molecule has 0 aliphatic carbocycles. The molecule has 1 aromatic rings. The summed E-state index contributed by atoms with van der Waals surface area (Å²) >= 11 is 1.46. The maximum Gasteiger partial charge on any atom is 0.306 e. The molecule has 1 heterocycles. The first kappa shape index (κ1) is 14.6. The Morgan fingerprint density at radius 3 is 2.72 bits per heavy atom. The average Bonchev–Trinajstić information content (AvgIpc) is 2.59. The fraction of sp³-hybridized carbons (Fsp3) is 0.545. The number of thiazole rings is 1. The molecule has 3 N–H and O–H groups in total. The third kappa shape index (κ3) is 5.24. The van der Waals surface area contributed by atoms with Crippen molar-refractivity contribution in [1.82, 2.24) is 10.3 Å². The van der Waals surface area contributed by atoms with E-state index in [2.05, 4.69) is 10.3 Å². The zero-order chi connectivity index (χ0) is 13.8. The van der Waals surface area contributed by atoms with Gasteiger partial charge in [0.15, 0.2) is 0 Å². The molecule has 18 heavy (non-hydrogen) atoms. The number of carbonyl (C=O) groups is 2. The Morgan fingerprint density at radius 2 is 2.22 bits per heavy atom. The molecule has 1 unspecified atom stereocenters. The number of aromatic nitrogens is 1. The van der Waals surface area contributed by atoms with Gasteiger partial charge in [-0.25, -0.2) is 4.98 Å². The van der Waals surface area contributed by atoms with Crippen molar-refractivity contribution in [2.75, 3.05) is 6.54 Å². The van der Waals surface area contributed by atoms with E-state index in [1.54, 1.807) is 5.38 Å². The topological polar surface area (TPSA) is 99.5 Å². The summed E-state index contributed by atoms with van der Waals surface area (Å²) in [6, 6.07) is 0. The molecule has 0 saturated carbocycles. The van der Waals surface area contributed by atoms with Gasteiger partial charge in [0.2, 0.25) is 5.91 Å². The lowest BCUT2D eigenvalue weighted by Gasteiger charge is -2.21. The van der Waals surface area contributed by atoms with Crippen molar-refractivity contribution in [3.63, 3.8) is 0 Å². The number of nitrogens with zero attached hydrogens (tertiary/aromatic N) is 1. The summed E-state index contributed by atoms with van der Waals surface area (Å²) < 4.78 is 0. The van der Waals surface area contributed by atoms with Crippen LogP contribution in [0, 0.1) is 6.92 Å². The van der Waals surface area contributed by atoms with Crippen LogP contribution >= 0.6 is 11.3 Å². The highest BCUT2D eigenvalue weighted by Gasteiger charge is 2.24. The van der Waals surface area contributed by atoms with Crippen molar-refractivity contribution in [3.8, 4) is 0 Å². The van der Waals surface area contributed by atoms with Gasteiger partial charge in [0.05, 0.1) is 29.1 Å². The maximum atomic E-state index is 11.5. The van der Waals surface area contributed by atoms with Gasteiger partial charge in [0.25, 0.3) is 0 Å². The van der Waals surface area contributed by atoms with E-state index in [9.17, 15) is 14.7 Å². The summed E-state index contributed by atoms with van der Waals surface area (Å²) in [6.07, 6.45) is -0.281. The predicted molar refractivity (Wildman–Crippen MR) is 66.4 cm³/mol. The molecule has 0 aliphatic heterocycles.